The van der Waals surface area contributed by atoms with Crippen molar-refractivity contribution in [2.75, 3.05) is 0 Å². The Bertz CT molecular complexity index is 889. The van der Waals surface area contributed by atoms with E-state index in [1.165, 1.54) is 5.39 Å². The third-order valence-electron chi connectivity index (χ3n) is 3.33. The first kappa shape index (κ1) is 9.98. The van der Waals surface area contributed by atoms with Crippen molar-refractivity contribution >= 4 is 44.3 Å². The van der Waals surface area contributed by atoms with Crippen LogP contribution in [0.25, 0.3) is 32.7 Å². The van der Waals surface area contributed by atoms with Gasteiger partial charge in [0.1, 0.15) is 11.2 Å². The molecule has 0 aliphatic rings. The summed E-state index contributed by atoms with van der Waals surface area (Å²) >= 11 is 6.00. The van der Waals surface area contributed by atoms with E-state index in [1.807, 2.05) is 30.3 Å². The predicted molar refractivity (Wildman–Crippen MR) is 76.2 cm³/mol. The lowest BCUT2D eigenvalue weighted by molar-refractivity contribution is 0.672. The number of hydrogen-bond acceptors (Lipinski definition) is 1. The van der Waals surface area contributed by atoms with Gasteiger partial charge in [0.25, 0.3) is 0 Å². The summed E-state index contributed by atoms with van der Waals surface area (Å²) in [6, 6.07) is 18.3. The molecule has 3 aromatic carbocycles. The average Bonchev–Trinajstić information content (AvgIpc) is 2.76. The molecule has 1 aromatic heterocycles. The Morgan fingerprint density at radius 2 is 1.61 bits per heavy atom. The van der Waals surface area contributed by atoms with Crippen LogP contribution in [0.2, 0.25) is 5.02 Å². The molecule has 2 heteroatoms. The molecule has 0 amide bonds. The fourth-order valence-corrected chi connectivity index (χ4v) is 2.64. The first-order valence-corrected chi connectivity index (χ1v) is 6.20. The largest absolute Gasteiger partial charge is 0.455 e. The van der Waals surface area contributed by atoms with Crippen LogP contribution in [-0.4, -0.2) is 0 Å². The van der Waals surface area contributed by atoms with E-state index in [9.17, 15) is 0 Å². The highest BCUT2D eigenvalue weighted by Gasteiger charge is 2.09. The summed E-state index contributed by atoms with van der Waals surface area (Å²) in [5, 5.41) is 5.28. The molecule has 0 saturated carbocycles. The third-order valence-corrected chi connectivity index (χ3v) is 3.56. The molecule has 18 heavy (non-hydrogen) atoms. The molecule has 1 nitrogen and oxygen atoms in total. The molecule has 0 fully saturated rings. The van der Waals surface area contributed by atoms with Gasteiger partial charge in [0.05, 0.1) is 0 Å². The van der Waals surface area contributed by atoms with Crippen LogP contribution in [-0.2, 0) is 0 Å². The van der Waals surface area contributed by atoms with Crippen molar-refractivity contribution < 1.29 is 4.42 Å². The lowest BCUT2D eigenvalue weighted by atomic mass is 10.1. The van der Waals surface area contributed by atoms with Crippen molar-refractivity contribution in [1.82, 2.24) is 0 Å². The highest BCUT2D eigenvalue weighted by atomic mass is 35.5. The molecule has 0 unspecified atom stereocenters. The third kappa shape index (κ3) is 1.28. The van der Waals surface area contributed by atoms with Gasteiger partial charge in [0.15, 0.2) is 0 Å². The molecule has 4 aromatic rings. The van der Waals surface area contributed by atoms with E-state index in [2.05, 4.69) is 24.3 Å². The zero-order valence-corrected chi connectivity index (χ0v) is 10.2. The first-order valence-electron chi connectivity index (χ1n) is 5.82. The summed E-state index contributed by atoms with van der Waals surface area (Å²) in [7, 11) is 0. The van der Waals surface area contributed by atoms with Crippen LogP contribution in [0.3, 0.4) is 0 Å². The Kier molecular flexibility index (Phi) is 1.94. The molecule has 0 aliphatic heterocycles. The summed E-state index contributed by atoms with van der Waals surface area (Å²) in [5.41, 5.74) is 1.78. The quantitative estimate of drug-likeness (QED) is 0.409. The second-order valence-corrected chi connectivity index (χ2v) is 4.84. The van der Waals surface area contributed by atoms with Crippen LogP contribution < -0.4 is 0 Å². The van der Waals surface area contributed by atoms with Gasteiger partial charge in [-0.15, -0.1) is 0 Å². The number of hydrogen-bond donors (Lipinski definition) is 0. The second-order valence-electron chi connectivity index (χ2n) is 4.41. The van der Waals surface area contributed by atoms with Crippen LogP contribution in [0.1, 0.15) is 0 Å². The molecule has 0 saturated heterocycles. The smallest absolute Gasteiger partial charge is 0.143 e. The Hall–Kier alpha value is -1.99. The zero-order chi connectivity index (χ0) is 12.1. The molecule has 86 valence electrons. The van der Waals surface area contributed by atoms with E-state index >= 15 is 0 Å². The number of halogens is 1. The number of benzene rings is 3. The van der Waals surface area contributed by atoms with E-state index in [1.54, 1.807) is 0 Å². The highest BCUT2D eigenvalue weighted by Crippen LogP contribution is 2.34. The summed E-state index contributed by atoms with van der Waals surface area (Å²) in [5.74, 6) is 0. The van der Waals surface area contributed by atoms with Gasteiger partial charge < -0.3 is 4.42 Å². The van der Waals surface area contributed by atoms with Gasteiger partial charge in [0, 0.05) is 27.2 Å². The van der Waals surface area contributed by atoms with Crippen LogP contribution in [0.4, 0.5) is 0 Å². The van der Waals surface area contributed by atoms with Gasteiger partial charge in [-0.1, -0.05) is 41.9 Å². The molecular weight excluding hydrogens is 244 g/mol. The highest BCUT2D eigenvalue weighted by molar-refractivity contribution is 6.31. The van der Waals surface area contributed by atoms with E-state index in [0.29, 0.717) is 5.02 Å². The van der Waals surface area contributed by atoms with E-state index in [4.69, 9.17) is 16.0 Å². The maximum absolute atomic E-state index is 6.00. The van der Waals surface area contributed by atoms with E-state index in [0.717, 1.165) is 27.3 Å². The summed E-state index contributed by atoms with van der Waals surface area (Å²) in [6.45, 7) is 0. The molecular formula is C16H9ClO. The molecule has 0 bridgehead atoms. The summed E-state index contributed by atoms with van der Waals surface area (Å²) < 4.78 is 5.96. The van der Waals surface area contributed by atoms with Crippen molar-refractivity contribution in [2.45, 2.75) is 0 Å². The Balaban J connectivity index is 2.29. The van der Waals surface area contributed by atoms with Gasteiger partial charge in [-0.3, -0.25) is 0 Å². The molecule has 0 aliphatic carbocycles. The lowest BCUT2D eigenvalue weighted by Crippen LogP contribution is -1.72. The SMILES string of the molecule is Clc1ccc2c(c1)oc1c3ccccc3ccc21. The maximum Gasteiger partial charge on any atom is 0.143 e. The van der Waals surface area contributed by atoms with Gasteiger partial charge in [-0.25, -0.2) is 0 Å². The van der Waals surface area contributed by atoms with Crippen molar-refractivity contribution in [3.8, 4) is 0 Å². The number of rotatable bonds is 0. The molecule has 0 spiro atoms. The molecule has 0 atom stereocenters. The minimum atomic E-state index is 0.700. The monoisotopic (exact) mass is 252 g/mol. The molecule has 4 rings (SSSR count). The predicted octanol–water partition coefficient (Wildman–Crippen LogP) is 5.39. The Labute approximate surface area is 109 Å². The normalized spacial score (nSPS) is 11.6. The van der Waals surface area contributed by atoms with Gasteiger partial charge >= 0.3 is 0 Å². The maximum atomic E-state index is 6.00. The fourth-order valence-electron chi connectivity index (χ4n) is 2.48. The fraction of sp³-hybridized carbons (Fsp3) is 0. The van der Waals surface area contributed by atoms with Crippen molar-refractivity contribution in [1.29, 1.82) is 0 Å². The van der Waals surface area contributed by atoms with Crippen molar-refractivity contribution in [2.24, 2.45) is 0 Å². The summed E-state index contributed by atoms with van der Waals surface area (Å²) in [6.07, 6.45) is 0. The van der Waals surface area contributed by atoms with Gasteiger partial charge in [-0.05, 0) is 23.6 Å². The standard InChI is InChI=1S/C16H9ClO/c17-11-6-8-13-14-7-5-10-3-1-2-4-12(10)16(14)18-15(13)9-11/h1-9H. The van der Waals surface area contributed by atoms with Gasteiger partial charge in [0.2, 0.25) is 0 Å². The van der Waals surface area contributed by atoms with E-state index in [-0.39, 0.29) is 0 Å². The second kappa shape index (κ2) is 3.50. The lowest BCUT2D eigenvalue weighted by Gasteiger charge is -1.97. The zero-order valence-electron chi connectivity index (χ0n) is 9.48. The molecule has 1 heterocycles. The van der Waals surface area contributed by atoms with Crippen molar-refractivity contribution in [3.63, 3.8) is 0 Å². The average molecular weight is 253 g/mol. The topological polar surface area (TPSA) is 13.1 Å². The molecule has 0 N–H and O–H groups in total. The molecule has 0 radical (unpaired) electrons. The minimum Gasteiger partial charge on any atom is -0.455 e. The number of fused-ring (bicyclic) bond motifs is 5. The summed E-state index contributed by atoms with van der Waals surface area (Å²) in [4.78, 5) is 0. The number of furan rings is 1. The van der Waals surface area contributed by atoms with Crippen LogP contribution in [0.15, 0.2) is 59.0 Å². The van der Waals surface area contributed by atoms with Crippen LogP contribution in [0, 0.1) is 0 Å². The van der Waals surface area contributed by atoms with Gasteiger partial charge in [-0.2, -0.15) is 0 Å². The van der Waals surface area contributed by atoms with Crippen LogP contribution >= 0.6 is 11.6 Å². The van der Waals surface area contributed by atoms with Crippen LogP contribution in [0.5, 0.6) is 0 Å². The first-order chi connectivity index (χ1) is 8.83. The Morgan fingerprint density at radius 3 is 2.56 bits per heavy atom. The van der Waals surface area contributed by atoms with E-state index < -0.39 is 0 Å². The van der Waals surface area contributed by atoms with Crippen molar-refractivity contribution in [3.05, 3.63) is 59.6 Å². The minimum absolute atomic E-state index is 0.700. The Morgan fingerprint density at radius 1 is 0.778 bits per heavy atom.